The van der Waals surface area contributed by atoms with Gasteiger partial charge in [0, 0.05) is 44.8 Å². The van der Waals surface area contributed by atoms with Crippen molar-refractivity contribution in [1.82, 2.24) is 24.8 Å². The molecule has 2 aromatic heterocycles. The number of carbonyl (C=O) groups excluding carboxylic acids is 2. The molecule has 2 amide bonds. The monoisotopic (exact) mass is 415 g/mol. The van der Waals surface area contributed by atoms with Gasteiger partial charge in [0.2, 0.25) is 6.23 Å². The summed E-state index contributed by atoms with van der Waals surface area (Å²) in [6.07, 6.45) is 4.14. The van der Waals surface area contributed by atoms with Crippen LogP contribution in [0.3, 0.4) is 0 Å². The van der Waals surface area contributed by atoms with Gasteiger partial charge >= 0.3 is 6.09 Å². The van der Waals surface area contributed by atoms with Gasteiger partial charge in [-0.15, -0.1) is 6.40 Å². The summed E-state index contributed by atoms with van der Waals surface area (Å²) in [6, 6.07) is 3.09. The minimum atomic E-state index is -1.96. The molecule has 0 unspecified atom stereocenters. The van der Waals surface area contributed by atoms with Crippen LogP contribution in [-0.2, 0) is 4.74 Å². The molecule has 0 aliphatic carbocycles. The van der Waals surface area contributed by atoms with Crippen LogP contribution in [-0.4, -0.2) is 69.4 Å². The van der Waals surface area contributed by atoms with Gasteiger partial charge in [-0.05, 0) is 12.1 Å². The van der Waals surface area contributed by atoms with E-state index in [-0.39, 0.29) is 43.4 Å². The molecule has 9 nitrogen and oxygen atoms in total. The van der Waals surface area contributed by atoms with Crippen LogP contribution in [0.15, 0.2) is 30.7 Å². The van der Waals surface area contributed by atoms with Crippen molar-refractivity contribution in [2.75, 3.05) is 37.6 Å². The molecule has 1 saturated heterocycles. The van der Waals surface area contributed by atoms with E-state index in [9.17, 15) is 9.59 Å². The predicted molar refractivity (Wildman–Crippen MR) is 104 cm³/mol. The standard InChI is InChI=1S/C19H17ClN6O3/c1-2-7-24-8-10-25(11-9-24)19(28)29-18-16-15(21-5-6-22-16)17(27)26(18)14-4-3-13(20)12-23-14/h1,3-6,12,18H,7-11H2/t18-/m0/s1/i1D,7D2. The smallest absolute Gasteiger partial charge is 0.412 e. The number of nitrogens with zero attached hydrogens (tertiary/aromatic N) is 6. The zero-order valence-corrected chi connectivity index (χ0v) is 15.8. The minimum Gasteiger partial charge on any atom is -0.419 e. The average molecular weight is 416 g/mol. The number of piperazine rings is 1. The van der Waals surface area contributed by atoms with Crippen molar-refractivity contribution in [2.45, 2.75) is 6.23 Å². The van der Waals surface area contributed by atoms with Crippen molar-refractivity contribution >= 4 is 29.4 Å². The Morgan fingerprint density at radius 3 is 2.83 bits per heavy atom. The lowest BCUT2D eigenvalue weighted by Crippen LogP contribution is -2.49. The number of hydrogen-bond donors (Lipinski definition) is 0. The summed E-state index contributed by atoms with van der Waals surface area (Å²) in [4.78, 5) is 42.3. The quantitative estimate of drug-likeness (QED) is 0.702. The molecule has 0 spiro atoms. The van der Waals surface area contributed by atoms with Crippen molar-refractivity contribution in [1.29, 1.82) is 0 Å². The Morgan fingerprint density at radius 2 is 2.10 bits per heavy atom. The maximum Gasteiger partial charge on any atom is 0.412 e. The van der Waals surface area contributed by atoms with E-state index in [1.54, 1.807) is 6.07 Å². The van der Waals surface area contributed by atoms with Gasteiger partial charge in [-0.1, -0.05) is 17.5 Å². The van der Waals surface area contributed by atoms with Crippen LogP contribution in [0.1, 0.15) is 26.5 Å². The number of rotatable bonds is 3. The molecule has 0 saturated carbocycles. The third-order valence-electron chi connectivity index (χ3n) is 4.54. The summed E-state index contributed by atoms with van der Waals surface area (Å²) >= 11 is 5.90. The Hall–Kier alpha value is -3.22. The number of halogens is 1. The molecule has 1 atom stereocenters. The molecule has 0 bridgehead atoms. The van der Waals surface area contributed by atoms with E-state index >= 15 is 0 Å². The SMILES string of the molecule is [2H]C#CC([2H])([2H])N1CCN(C(=O)O[C@H]2c3nccnc3C(=O)N2c2ccc(Cl)cn2)CC1. The van der Waals surface area contributed by atoms with Crippen molar-refractivity contribution in [3.63, 3.8) is 0 Å². The van der Waals surface area contributed by atoms with E-state index in [4.69, 9.17) is 20.5 Å². The largest absolute Gasteiger partial charge is 0.419 e. The predicted octanol–water partition coefficient (Wildman–Crippen LogP) is 1.57. The second-order valence-corrected chi connectivity index (χ2v) is 6.68. The number of ether oxygens (including phenoxy) is 1. The van der Waals surface area contributed by atoms with Crippen LogP contribution in [0.25, 0.3) is 0 Å². The van der Waals surface area contributed by atoms with Crippen LogP contribution in [0, 0.1) is 12.3 Å². The molecule has 10 heteroatoms. The number of amides is 2. The first-order valence-electron chi connectivity index (χ1n) is 10.2. The summed E-state index contributed by atoms with van der Waals surface area (Å²) in [7, 11) is 0. The highest BCUT2D eigenvalue weighted by atomic mass is 35.5. The summed E-state index contributed by atoms with van der Waals surface area (Å²) in [5, 5.41) is 0.385. The van der Waals surface area contributed by atoms with E-state index in [1.165, 1.54) is 39.4 Å². The maximum atomic E-state index is 12.9. The third kappa shape index (κ3) is 3.72. The first kappa shape index (κ1) is 15.7. The van der Waals surface area contributed by atoms with Crippen LogP contribution >= 0.6 is 11.6 Å². The van der Waals surface area contributed by atoms with Gasteiger partial charge in [-0.3, -0.25) is 14.7 Å². The molecule has 1 fully saturated rings. The molecule has 0 N–H and O–H groups in total. The zero-order valence-electron chi connectivity index (χ0n) is 18.1. The van der Waals surface area contributed by atoms with Crippen LogP contribution in [0.4, 0.5) is 10.6 Å². The first-order chi connectivity index (χ1) is 15.3. The molecular formula is C19H17ClN6O3. The molecular weight excluding hydrogens is 396 g/mol. The topological polar surface area (TPSA) is 91.8 Å². The molecule has 2 aromatic rings. The number of fused-ring (bicyclic) bond motifs is 1. The molecule has 4 heterocycles. The van der Waals surface area contributed by atoms with Crippen LogP contribution in [0.2, 0.25) is 5.02 Å². The number of pyridine rings is 1. The molecule has 0 aromatic carbocycles. The normalized spacial score (nSPS) is 20.8. The van der Waals surface area contributed by atoms with Crippen LogP contribution < -0.4 is 4.90 Å². The Kier molecular flexibility index (Phi) is 4.34. The van der Waals surface area contributed by atoms with E-state index in [1.807, 2.05) is 6.40 Å². The molecule has 4 rings (SSSR count). The fourth-order valence-electron chi connectivity index (χ4n) is 3.13. The maximum absolute atomic E-state index is 12.9. The van der Waals surface area contributed by atoms with Gasteiger partial charge in [0.25, 0.3) is 5.91 Å². The lowest BCUT2D eigenvalue weighted by Gasteiger charge is -2.34. The highest BCUT2D eigenvalue weighted by Crippen LogP contribution is 2.35. The lowest BCUT2D eigenvalue weighted by molar-refractivity contribution is 0.0463. The van der Waals surface area contributed by atoms with Crippen molar-refractivity contribution < 1.29 is 18.4 Å². The highest BCUT2D eigenvalue weighted by Gasteiger charge is 2.44. The second-order valence-electron chi connectivity index (χ2n) is 6.25. The van der Waals surface area contributed by atoms with E-state index in [2.05, 4.69) is 20.9 Å². The molecule has 29 heavy (non-hydrogen) atoms. The summed E-state index contributed by atoms with van der Waals surface area (Å²) in [6.45, 7) is -1.17. The Balaban J connectivity index is 1.52. The van der Waals surface area contributed by atoms with Gasteiger partial charge in [-0.25, -0.2) is 19.7 Å². The van der Waals surface area contributed by atoms with Crippen molar-refractivity contribution in [3.05, 3.63) is 47.1 Å². The summed E-state index contributed by atoms with van der Waals surface area (Å²) < 4.78 is 28.4. The number of carbonyl (C=O) groups is 2. The summed E-state index contributed by atoms with van der Waals surface area (Å²) in [5.74, 6) is 1.92. The lowest BCUT2D eigenvalue weighted by atomic mass is 10.3. The summed E-state index contributed by atoms with van der Waals surface area (Å²) in [5.41, 5.74) is 0.261. The van der Waals surface area contributed by atoms with Gasteiger partial charge in [0.05, 0.1) is 14.3 Å². The molecule has 2 aliphatic heterocycles. The Bertz CT molecular complexity index is 1100. The minimum absolute atomic E-state index is 0.0639. The average Bonchev–Trinajstić information content (AvgIpc) is 3.06. The Morgan fingerprint density at radius 1 is 1.31 bits per heavy atom. The van der Waals surface area contributed by atoms with Gasteiger partial charge in [0.1, 0.15) is 12.9 Å². The van der Waals surface area contributed by atoms with E-state index < -0.39 is 24.7 Å². The van der Waals surface area contributed by atoms with E-state index in [0.29, 0.717) is 5.02 Å². The molecule has 2 aliphatic rings. The number of anilines is 1. The van der Waals surface area contributed by atoms with Crippen molar-refractivity contribution in [3.8, 4) is 12.3 Å². The fraction of sp³-hybridized carbons (Fsp3) is 0.316. The van der Waals surface area contributed by atoms with Crippen LogP contribution in [0.5, 0.6) is 0 Å². The zero-order chi connectivity index (χ0) is 22.9. The fourth-order valence-corrected chi connectivity index (χ4v) is 3.24. The highest BCUT2D eigenvalue weighted by molar-refractivity contribution is 6.30. The third-order valence-corrected chi connectivity index (χ3v) is 4.76. The molecule has 0 radical (unpaired) electrons. The van der Waals surface area contributed by atoms with Gasteiger partial charge in [-0.2, -0.15) is 0 Å². The number of aromatic nitrogens is 3. The van der Waals surface area contributed by atoms with Gasteiger partial charge in [0.15, 0.2) is 5.69 Å². The van der Waals surface area contributed by atoms with Gasteiger partial charge < -0.3 is 9.64 Å². The number of hydrogen-bond acceptors (Lipinski definition) is 7. The molecule has 148 valence electrons. The number of terminal acetylenes is 1. The Labute approximate surface area is 176 Å². The van der Waals surface area contributed by atoms with E-state index in [0.717, 1.165) is 0 Å². The van der Waals surface area contributed by atoms with Crippen molar-refractivity contribution in [2.24, 2.45) is 0 Å². The first-order valence-corrected chi connectivity index (χ1v) is 9.10. The second kappa shape index (κ2) is 8.03.